The second-order valence-electron chi connectivity index (χ2n) is 5.41. The molecule has 1 aromatic carbocycles. The van der Waals surface area contributed by atoms with Crippen LogP contribution >= 0.6 is 0 Å². The van der Waals surface area contributed by atoms with E-state index < -0.39 is 5.91 Å². The molecule has 1 rings (SSSR count). The highest BCUT2D eigenvalue weighted by molar-refractivity contribution is 6.06. The number of anilines is 1. The lowest BCUT2D eigenvalue weighted by molar-refractivity contribution is -0.126. The van der Waals surface area contributed by atoms with Crippen LogP contribution in [-0.4, -0.2) is 29.8 Å². The number of carbonyl (C=O) groups excluding carboxylic acids is 2. The van der Waals surface area contributed by atoms with Crippen LogP contribution in [0.25, 0.3) is 0 Å². The van der Waals surface area contributed by atoms with Crippen LogP contribution in [0.4, 0.5) is 5.69 Å². The molecular formula is C18H24N4O2. The average molecular weight is 328 g/mol. The van der Waals surface area contributed by atoms with Gasteiger partial charge in [0.05, 0.1) is 0 Å². The Hall–Kier alpha value is -2.65. The molecule has 0 bridgehead atoms. The first-order chi connectivity index (χ1) is 11.5. The van der Waals surface area contributed by atoms with Crippen LogP contribution in [-0.2, 0) is 16.0 Å². The topological polar surface area (TPSA) is 99.2 Å². The summed E-state index contributed by atoms with van der Waals surface area (Å²) in [6.45, 7) is 3.99. The Balaban J connectivity index is 2.80. The van der Waals surface area contributed by atoms with Crippen molar-refractivity contribution in [1.82, 2.24) is 4.90 Å². The molecule has 0 aliphatic rings. The van der Waals surface area contributed by atoms with E-state index in [1.54, 1.807) is 12.1 Å². The first-order valence-electron chi connectivity index (χ1n) is 8.01. The third-order valence-electron chi connectivity index (χ3n) is 3.46. The van der Waals surface area contributed by atoms with Crippen molar-refractivity contribution in [1.29, 1.82) is 5.26 Å². The zero-order valence-electron chi connectivity index (χ0n) is 14.2. The van der Waals surface area contributed by atoms with Gasteiger partial charge in [-0.1, -0.05) is 25.5 Å². The number of rotatable bonds is 8. The standard InChI is InChI=1S/C18H24N4O2/c1-3-4-5-15-6-8-17(9-7-15)21-18(24)16(12-20)13-22(11-10-19)14(2)23/h6-9,13H,3-5,10-11,19H2,1-2H3,(H,21,24)/b16-13-. The van der Waals surface area contributed by atoms with Crippen molar-refractivity contribution in [2.24, 2.45) is 5.73 Å². The normalized spacial score (nSPS) is 10.8. The Morgan fingerprint density at radius 2 is 2.00 bits per heavy atom. The van der Waals surface area contributed by atoms with Gasteiger partial charge in [-0.25, -0.2) is 0 Å². The van der Waals surface area contributed by atoms with E-state index in [1.807, 2.05) is 18.2 Å². The summed E-state index contributed by atoms with van der Waals surface area (Å²) in [6, 6.07) is 9.34. The molecule has 0 radical (unpaired) electrons. The van der Waals surface area contributed by atoms with Gasteiger partial charge in [0.1, 0.15) is 11.6 Å². The van der Waals surface area contributed by atoms with Crippen LogP contribution in [0.2, 0.25) is 0 Å². The Labute approximate surface area is 142 Å². The molecule has 24 heavy (non-hydrogen) atoms. The minimum atomic E-state index is -0.554. The highest BCUT2D eigenvalue weighted by atomic mass is 16.2. The Kier molecular flexibility index (Phi) is 8.23. The van der Waals surface area contributed by atoms with Gasteiger partial charge in [0.25, 0.3) is 5.91 Å². The fourth-order valence-corrected chi connectivity index (χ4v) is 2.08. The summed E-state index contributed by atoms with van der Waals surface area (Å²) in [5, 5.41) is 11.8. The molecule has 0 aliphatic carbocycles. The number of carbonyl (C=O) groups is 2. The van der Waals surface area contributed by atoms with E-state index >= 15 is 0 Å². The maximum absolute atomic E-state index is 12.2. The van der Waals surface area contributed by atoms with Gasteiger partial charge in [-0.05, 0) is 30.5 Å². The van der Waals surface area contributed by atoms with E-state index in [0.717, 1.165) is 19.3 Å². The number of nitrogens with two attached hydrogens (primary N) is 1. The molecular weight excluding hydrogens is 304 g/mol. The fourth-order valence-electron chi connectivity index (χ4n) is 2.08. The average Bonchev–Trinajstić information content (AvgIpc) is 2.57. The number of benzene rings is 1. The largest absolute Gasteiger partial charge is 0.329 e. The van der Waals surface area contributed by atoms with Crippen molar-refractivity contribution in [3.63, 3.8) is 0 Å². The number of nitrogens with zero attached hydrogens (tertiary/aromatic N) is 2. The first-order valence-corrected chi connectivity index (χ1v) is 8.01. The van der Waals surface area contributed by atoms with E-state index in [0.29, 0.717) is 5.69 Å². The van der Waals surface area contributed by atoms with Crippen LogP contribution in [0, 0.1) is 11.3 Å². The number of hydrogen-bond acceptors (Lipinski definition) is 4. The van der Waals surface area contributed by atoms with Gasteiger partial charge < -0.3 is 16.0 Å². The molecule has 0 saturated heterocycles. The number of aryl methyl sites for hydroxylation is 1. The predicted octanol–water partition coefficient (Wildman–Crippen LogP) is 2.18. The van der Waals surface area contributed by atoms with Crippen LogP contribution < -0.4 is 11.1 Å². The van der Waals surface area contributed by atoms with E-state index in [2.05, 4.69) is 12.2 Å². The van der Waals surface area contributed by atoms with Crippen LogP contribution in [0.15, 0.2) is 36.0 Å². The molecule has 6 heteroatoms. The van der Waals surface area contributed by atoms with Crippen molar-refractivity contribution in [2.75, 3.05) is 18.4 Å². The van der Waals surface area contributed by atoms with Gasteiger partial charge in [-0.3, -0.25) is 9.59 Å². The molecule has 0 spiro atoms. The van der Waals surface area contributed by atoms with Gasteiger partial charge in [-0.2, -0.15) is 5.26 Å². The second kappa shape index (κ2) is 10.2. The molecule has 0 fully saturated rings. The minimum Gasteiger partial charge on any atom is -0.329 e. The third-order valence-corrected chi connectivity index (χ3v) is 3.46. The first kappa shape index (κ1) is 19.4. The summed E-state index contributed by atoms with van der Waals surface area (Å²) in [6.07, 6.45) is 4.49. The van der Waals surface area contributed by atoms with Crippen LogP contribution in [0.5, 0.6) is 0 Å². The van der Waals surface area contributed by atoms with Crippen molar-refractivity contribution in [3.05, 3.63) is 41.6 Å². The molecule has 0 aliphatic heterocycles. The van der Waals surface area contributed by atoms with Crippen LogP contribution in [0.1, 0.15) is 32.3 Å². The van der Waals surface area contributed by atoms with E-state index in [9.17, 15) is 9.59 Å². The molecule has 0 aromatic heterocycles. The lowest BCUT2D eigenvalue weighted by Gasteiger charge is -2.15. The van der Waals surface area contributed by atoms with Gasteiger partial charge in [0, 0.05) is 31.9 Å². The van der Waals surface area contributed by atoms with Crippen molar-refractivity contribution in [3.8, 4) is 6.07 Å². The Morgan fingerprint density at radius 1 is 1.33 bits per heavy atom. The molecule has 0 heterocycles. The summed E-state index contributed by atoms with van der Waals surface area (Å²) in [5.74, 6) is -0.830. The van der Waals surface area contributed by atoms with Gasteiger partial charge in [0.2, 0.25) is 5.91 Å². The van der Waals surface area contributed by atoms with Crippen molar-refractivity contribution in [2.45, 2.75) is 33.1 Å². The summed E-state index contributed by atoms with van der Waals surface area (Å²) < 4.78 is 0. The Morgan fingerprint density at radius 3 is 2.50 bits per heavy atom. The van der Waals surface area contributed by atoms with E-state index in [-0.39, 0.29) is 24.6 Å². The summed E-state index contributed by atoms with van der Waals surface area (Å²) in [4.78, 5) is 24.9. The van der Waals surface area contributed by atoms with E-state index in [1.165, 1.54) is 23.6 Å². The van der Waals surface area contributed by atoms with E-state index in [4.69, 9.17) is 11.0 Å². The van der Waals surface area contributed by atoms with Gasteiger partial charge in [-0.15, -0.1) is 0 Å². The summed E-state index contributed by atoms with van der Waals surface area (Å²) in [7, 11) is 0. The Bertz CT molecular complexity index is 629. The second-order valence-corrected chi connectivity index (χ2v) is 5.41. The molecule has 0 unspecified atom stereocenters. The van der Waals surface area contributed by atoms with Crippen molar-refractivity contribution < 1.29 is 9.59 Å². The zero-order valence-corrected chi connectivity index (χ0v) is 14.2. The molecule has 3 N–H and O–H groups in total. The quantitative estimate of drug-likeness (QED) is 0.564. The number of amides is 2. The highest BCUT2D eigenvalue weighted by Gasteiger charge is 2.13. The third kappa shape index (κ3) is 6.23. The maximum atomic E-state index is 12.2. The smallest absolute Gasteiger partial charge is 0.267 e. The predicted molar refractivity (Wildman–Crippen MR) is 93.8 cm³/mol. The highest BCUT2D eigenvalue weighted by Crippen LogP contribution is 2.13. The lowest BCUT2D eigenvalue weighted by Crippen LogP contribution is -2.30. The van der Waals surface area contributed by atoms with Gasteiger partial charge >= 0.3 is 0 Å². The monoisotopic (exact) mass is 328 g/mol. The number of nitrogens with one attached hydrogen (secondary N) is 1. The zero-order chi connectivity index (χ0) is 17.9. The molecule has 1 aromatic rings. The minimum absolute atomic E-state index is 0.145. The maximum Gasteiger partial charge on any atom is 0.267 e. The summed E-state index contributed by atoms with van der Waals surface area (Å²) >= 11 is 0. The number of nitriles is 1. The molecule has 128 valence electrons. The van der Waals surface area contributed by atoms with Crippen molar-refractivity contribution >= 4 is 17.5 Å². The lowest BCUT2D eigenvalue weighted by atomic mass is 10.1. The molecule has 0 saturated carbocycles. The molecule has 0 atom stereocenters. The SMILES string of the molecule is CCCCc1ccc(NC(=O)/C(C#N)=C\N(CCN)C(C)=O)cc1. The van der Waals surface area contributed by atoms with Crippen LogP contribution in [0.3, 0.4) is 0 Å². The number of unbranched alkanes of at least 4 members (excludes halogenated alkanes) is 1. The van der Waals surface area contributed by atoms with Gasteiger partial charge in [0.15, 0.2) is 0 Å². The number of hydrogen-bond donors (Lipinski definition) is 2. The molecule has 6 nitrogen and oxygen atoms in total. The summed E-state index contributed by atoms with van der Waals surface area (Å²) in [5.41, 5.74) is 7.09. The molecule has 2 amide bonds. The fraction of sp³-hybridized carbons (Fsp3) is 0.389.